The van der Waals surface area contributed by atoms with Crippen LogP contribution in [0.25, 0.3) is 0 Å². The number of quaternary nitrogens is 1. The molecule has 92 valence electrons. The third kappa shape index (κ3) is 6.85. The average Bonchev–Trinajstić information content (AvgIpc) is 2.10. The Kier molecular flexibility index (Phi) is 6.05. The number of rotatable bonds is 6. The molecule has 1 atom stereocenters. The predicted octanol–water partition coefficient (Wildman–Crippen LogP) is 0.488. The smallest absolute Gasteiger partial charge is 0.273 e. The van der Waals surface area contributed by atoms with Gasteiger partial charge in [0.1, 0.15) is 6.16 Å². The second-order valence-electron chi connectivity index (χ2n) is 4.92. The molecule has 0 bridgehead atoms. The van der Waals surface area contributed by atoms with Gasteiger partial charge in [-0.25, -0.2) is 0 Å². The van der Waals surface area contributed by atoms with Crippen LogP contribution >= 0.6 is 7.77 Å². The highest BCUT2D eigenvalue weighted by Gasteiger charge is 2.18. The SMILES string of the molecule is C=C(C)C(=O)CC/[P+]([O-])=C(\O)C[N+](C)(C)C. The van der Waals surface area contributed by atoms with Crippen molar-refractivity contribution < 1.29 is 19.3 Å². The topological polar surface area (TPSA) is 60.4 Å². The van der Waals surface area contributed by atoms with Crippen molar-refractivity contribution in [3.63, 3.8) is 0 Å². The maximum atomic E-state index is 11.6. The van der Waals surface area contributed by atoms with Gasteiger partial charge in [-0.15, -0.1) is 0 Å². The second kappa shape index (κ2) is 6.26. The van der Waals surface area contributed by atoms with Crippen LogP contribution in [-0.4, -0.2) is 54.7 Å². The highest BCUT2D eigenvalue weighted by molar-refractivity contribution is 7.51. The van der Waals surface area contributed by atoms with Gasteiger partial charge in [-0.1, -0.05) is 6.58 Å². The van der Waals surface area contributed by atoms with Gasteiger partial charge >= 0.3 is 0 Å². The van der Waals surface area contributed by atoms with Gasteiger partial charge in [0, 0.05) is 0 Å². The number of ketones is 1. The Morgan fingerprint density at radius 1 is 1.44 bits per heavy atom. The number of hydrogen-bond donors (Lipinski definition) is 1. The third-order valence-electron chi connectivity index (χ3n) is 1.92. The largest absolute Gasteiger partial charge is 0.628 e. The van der Waals surface area contributed by atoms with E-state index in [0.29, 0.717) is 16.6 Å². The minimum Gasteiger partial charge on any atom is -0.628 e. The predicted molar refractivity (Wildman–Crippen MR) is 66.1 cm³/mol. The first-order valence-electron chi connectivity index (χ1n) is 5.12. The maximum absolute atomic E-state index is 11.6. The number of hydrogen-bond acceptors (Lipinski definition) is 2. The molecule has 0 rings (SSSR count). The Morgan fingerprint density at radius 3 is 2.31 bits per heavy atom. The molecule has 0 spiro atoms. The number of carbonyl (C=O) groups is 1. The molecule has 4 nitrogen and oxygen atoms in total. The van der Waals surface area contributed by atoms with Crippen molar-refractivity contribution in [2.45, 2.75) is 13.3 Å². The minimum absolute atomic E-state index is 0.0167. The molecule has 1 N–H and O–H groups in total. The summed E-state index contributed by atoms with van der Waals surface area (Å²) < 4.78 is 0.515. The Morgan fingerprint density at radius 2 is 1.94 bits per heavy atom. The molecule has 5 heteroatoms. The summed E-state index contributed by atoms with van der Waals surface area (Å²) in [5, 5.41) is 9.59. The fraction of sp³-hybridized carbons (Fsp3) is 0.636. The molecule has 1 unspecified atom stereocenters. The number of aliphatic hydroxyl groups excluding tert-OH is 1. The van der Waals surface area contributed by atoms with Crippen molar-refractivity contribution in [3.8, 4) is 0 Å². The number of carbonyl (C=O) groups excluding carboxylic acids is 1. The van der Waals surface area contributed by atoms with E-state index >= 15 is 0 Å². The molecule has 0 saturated heterocycles. The third-order valence-corrected chi connectivity index (χ3v) is 3.27. The van der Waals surface area contributed by atoms with E-state index in [-0.39, 0.29) is 23.8 Å². The molecular weight excluding hydrogens is 225 g/mol. The zero-order chi connectivity index (χ0) is 12.9. The van der Waals surface area contributed by atoms with Crippen molar-refractivity contribution in [1.29, 1.82) is 0 Å². The van der Waals surface area contributed by atoms with Gasteiger partial charge in [0.05, 0.1) is 35.3 Å². The fourth-order valence-electron chi connectivity index (χ4n) is 1.05. The lowest BCUT2D eigenvalue weighted by molar-refractivity contribution is -0.861. The average molecular weight is 246 g/mol. The quantitative estimate of drug-likeness (QED) is 0.421. The Labute approximate surface area is 98.3 Å². The van der Waals surface area contributed by atoms with Crippen LogP contribution in [0.1, 0.15) is 13.3 Å². The molecule has 0 amide bonds. The fourth-order valence-corrected chi connectivity index (χ4v) is 2.29. The van der Waals surface area contributed by atoms with Crippen molar-refractivity contribution >= 4 is 19.0 Å². The zero-order valence-electron chi connectivity index (χ0n) is 10.5. The Bertz CT molecular complexity index is 316. The summed E-state index contributed by atoms with van der Waals surface area (Å²) in [5.74, 6) is -0.0959. The Hall–Kier alpha value is -0.540. The van der Waals surface area contributed by atoms with E-state index in [1.54, 1.807) is 6.92 Å². The summed E-state index contributed by atoms with van der Waals surface area (Å²) in [7, 11) is 3.88. The highest BCUT2D eigenvalue weighted by atomic mass is 31.1. The van der Waals surface area contributed by atoms with Crippen LogP contribution in [0.3, 0.4) is 0 Å². The first-order chi connectivity index (χ1) is 7.13. The second-order valence-corrected chi connectivity index (χ2v) is 6.64. The van der Waals surface area contributed by atoms with Gasteiger partial charge in [-0.2, -0.15) is 0 Å². The molecule has 16 heavy (non-hydrogen) atoms. The van der Waals surface area contributed by atoms with Gasteiger partial charge in [-0.3, -0.25) is 4.79 Å². The molecule has 0 aliphatic heterocycles. The van der Waals surface area contributed by atoms with E-state index in [9.17, 15) is 14.8 Å². The standard InChI is InChI=1S/C11H20NO3P/c1-9(2)10(13)6-7-16(15)11(14)8-12(3,4)5/h1,6-8H2,2-5H3/p+1. The number of allylic oxidation sites excluding steroid dienone is 1. The van der Waals surface area contributed by atoms with Crippen LogP contribution in [0.5, 0.6) is 0 Å². The Balaban J connectivity index is 4.33. The maximum Gasteiger partial charge on any atom is 0.273 e. The van der Waals surface area contributed by atoms with Crippen LogP contribution in [0.4, 0.5) is 0 Å². The van der Waals surface area contributed by atoms with Gasteiger partial charge in [0.15, 0.2) is 12.3 Å². The highest BCUT2D eigenvalue weighted by Crippen LogP contribution is 2.16. The molecule has 0 aliphatic carbocycles. The molecule has 0 heterocycles. The van der Waals surface area contributed by atoms with Gasteiger partial charge < -0.3 is 14.5 Å². The van der Waals surface area contributed by atoms with Crippen molar-refractivity contribution in [1.82, 2.24) is 0 Å². The number of likely N-dealkylation sites (N-methyl/N-ethyl adjacent to an activating group) is 1. The molecule has 0 aromatic rings. The normalized spacial score (nSPS) is 13.4. The van der Waals surface area contributed by atoms with Crippen LogP contribution in [0, 0.1) is 0 Å². The van der Waals surface area contributed by atoms with Gasteiger partial charge in [-0.05, 0) is 12.5 Å². The summed E-state index contributed by atoms with van der Waals surface area (Å²) in [6.07, 6.45) is 0.387. The van der Waals surface area contributed by atoms with Crippen molar-refractivity contribution in [3.05, 3.63) is 12.2 Å². The zero-order valence-corrected chi connectivity index (χ0v) is 11.4. The lowest BCUT2D eigenvalue weighted by atomic mass is 10.2. The van der Waals surface area contributed by atoms with Crippen molar-refractivity contribution in [2.24, 2.45) is 0 Å². The van der Waals surface area contributed by atoms with E-state index < -0.39 is 7.77 Å². The van der Waals surface area contributed by atoms with Crippen LogP contribution in [0.15, 0.2) is 12.2 Å². The molecule has 0 radical (unpaired) electrons. The summed E-state index contributed by atoms with van der Waals surface area (Å²) >= 11 is 0. The first kappa shape index (κ1) is 15.5. The summed E-state index contributed by atoms with van der Waals surface area (Å²) in [5.41, 5.74) is 0.450. The van der Waals surface area contributed by atoms with Gasteiger partial charge in [0.2, 0.25) is 0 Å². The van der Waals surface area contributed by atoms with E-state index in [1.165, 1.54) is 0 Å². The van der Waals surface area contributed by atoms with E-state index in [0.717, 1.165) is 0 Å². The molecule has 0 fully saturated rings. The first-order valence-corrected chi connectivity index (χ1v) is 6.56. The van der Waals surface area contributed by atoms with Crippen LogP contribution in [-0.2, 0) is 4.79 Å². The summed E-state index contributed by atoms with van der Waals surface area (Å²) in [4.78, 5) is 22.8. The summed E-state index contributed by atoms with van der Waals surface area (Å²) in [6.45, 7) is 5.49. The van der Waals surface area contributed by atoms with Crippen LogP contribution in [0.2, 0.25) is 0 Å². The molecule has 0 aromatic heterocycles. The van der Waals surface area contributed by atoms with E-state index in [4.69, 9.17) is 0 Å². The molecule has 0 aliphatic rings. The number of aliphatic hydroxyl groups is 1. The minimum atomic E-state index is -1.82. The van der Waals surface area contributed by atoms with E-state index in [1.807, 2.05) is 21.1 Å². The van der Waals surface area contributed by atoms with Gasteiger partial charge in [0.25, 0.3) is 5.48 Å². The van der Waals surface area contributed by atoms with Crippen molar-refractivity contribution in [2.75, 3.05) is 33.8 Å². The van der Waals surface area contributed by atoms with Crippen LogP contribution < -0.4 is 4.89 Å². The monoisotopic (exact) mass is 246 g/mol. The van der Waals surface area contributed by atoms with E-state index in [2.05, 4.69) is 6.58 Å². The molecule has 0 aromatic carbocycles. The number of nitrogens with zero attached hydrogens (tertiary/aromatic N) is 1. The lowest BCUT2D eigenvalue weighted by Gasteiger charge is -2.22. The molecular formula is C11H21NO3P+. The lowest BCUT2D eigenvalue weighted by Crippen LogP contribution is -2.39. The molecule has 0 saturated carbocycles. The summed E-state index contributed by atoms with van der Waals surface area (Å²) in [6, 6.07) is 0. The number of Topliss-reactive ketones (excluding diaryl/α,β-unsaturated/α-hetero) is 1.